The molecule has 0 saturated carbocycles. The minimum absolute atomic E-state index is 0.0852. The van der Waals surface area contributed by atoms with Gasteiger partial charge in [0.05, 0.1) is 23.9 Å². The van der Waals surface area contributed by atoms with Gasteiger partial charge in [-0.15, -0.1) is 11.3 Å². The summed E-state index contributed by atoms with van der Waals surface area (Å²) in [4.78, 5) is 4.26. The molecule has 3 nitrogen and oxygen atoms in total. The lowest BCUT2D eigenvalue weighted by atomic mass is 10.2. The van der Waals surface area contributed by atoms with E-state index in [1.165, 1.54) is 0 Å². The van der Waals surface area contributed by atoms with Gasteiger partial charge < -0.3 is 10.4 Å². The largest absolute Gasteiger partial charge is 0.392 e. The number of benzene rings is 1. The molecule has 1 atom stereocenters. The molecule has 2 aromatic rings. The van der Waals surface area contributed by atoms with Gasteiger partial charge in [0.25, 0.3) is 0 Å². The average molecular weight is 234 g/mol. The summed E-state index contributed by atoms with van der Waals surface area (Å²) in [5.41, 5.74) is 4.85. The smallest absolute Gasteiger partial charge is 0.0795 e. The minimum atomic E-state index is 0.0852. The molecule has 1 unspecified atom stereocenters. The Hall–Kier alpha value is -1.39. The highest BCUT2D eigenvalue weighted by Crippen LogP contribution is 2.19. The third-order valence-corrected chi connectivity index (χ3v) is 3.02. The van der Waals surface area contributed by atoms with Crippen molar-refractivity contribution in [1.82, 2.24) is 4.98 Å². The van der Waals surface area contributed by atoms with Gasteiger partial charge in [-0.05, 0) is 24.6 Å². The summed E-state index contributed by atoms with van der Waals surface area (Å²) in [6.45, 7) is 2.16. The molecule has 16 heavy (non-hydrogen) atoms. The van der Waals surface area contributed by atoms with Crippen LogP contribution < -0.4 is 5.32 Å². The summed E-state index contributed by atoms with van der Waals surface area (Å²) < 4.78 is 0. The van der Waals surface area contributed by atoms with E-state index in [0.717, 1.165) is 16.9 Å². The highest BCUT2D eigenvalue weighted by Gasteiger charge is 2.06. The fraction of sp³-hybridized carbons (Fsp3) is 0.250. The van der Waals surface area contributed by atoms with Crippen LogP contribution in [-0.2, 0) is 6.61 Å². The first-order valence-corrected chi connectivity index (χ1v) is 6.08. The minimum Gasteiger partial charge on any atom is -0.392 e. The standard InChI is InChI=1S/C12H14N2OS/c1-9(12-7-16-8-13-12)14-11-4-2-10(6-15)3-5-11/h2-5,7-9,14-15H,6H2,1H3. The second-order valence-corrected chi connectivity index (χ2v) is 4.35. The van der Waals surface area contributed by atoms with Gasteiger partial charge in [0, 0.05) is 11.1 Å². The van der Waals surface area contributed by atoms with Gasteiger partial charge in [-0.25, -0.2) is 4.98 Å². The Bertz CT molecular complexity index is 425. The molecule has 4 heteroatoms. The summed E-state index contributed by atoms with van der Waals surface area (Å²) in [6.07, 6.45) is 0. The zero-order valence-corrected chi connectivity index (χ0v) is 9.87. The first-order valence-electron chi connectivity index (χ1n) is 5.14. The Morgan fingerprint density at radius 1 is 1.38 bits per heavy atom. The van der Waals surface area contributed by atoms with E-state index < -0.39 is 0 Å². The van der Waals surface area contributed by atoms with Crippen LogP contribution in [-0.4, -0.2) is 10.1 Å². The van der Waals surface area contributed by atoms with E-state index >= 15 is 0 Å². The molecule has 1 aromatic heterocycles. The van der Waals surface area contributed by atoms with Gasteiger partial charge in [-0.2, -0.15) is 0 Å². The topological polar surface area (TPSA) is 45.1 Å². The normalized spacial score (nSPS) is 12.4. The van der Waals surface area contributed by atoms with Crippen molar-refractivity contribution in [1.29, 1.82) is 0 Å². The number of nitrogens with zero attached hydrogens (tertiary/aromatic N) is 1. The van der Waals surface area contributed by atoms with Gasteiger partial charge >= 0.3 is 0 Å². The first-order chi connectivity index (χ1) is 7.79. The molecule has 0 bridgehead atoms. The quantitative estimate of drug-likeness (QED) is 0.855. The second-order valence-electron chi connectivity index (χ2n) is 3.63. The number of rotatable bonds is 4. The molecule has 1 aromatic carbocycles. The molecule has 84 valence electrons. The third kappa shape index (κ3) is 2.59. The highest BCUT2D eigenvalue weighted by atomic mass is 32.1. The fourth-order valence-electron chi connectivity index (χ4n) is 1.47. The van der Waals surface area contributed by atoms with Crippen LogP contribution >= 0.6 is 11.3 Å². The average Bonchev–Trinajstić information content (AvgIpc) is 2.83. The van der Waals surface area contributed by atoms with Crippen molar-refractivity contribution in [3.8, 4) is 0 Å². The molecule has 0 aliphatic carbocycles. The van der Waals surface area contributed by atoms with Crippen LogP contribution in [0, 0.1) is 0 Å². The second kappa shape index (κ2) is 5.09. The molecule has 0 fully saturated rings. The zero-order valence-electron chi connectivity index (χ0n) is 9.05. The van der Waals surface area contributed by atoms with E-state index in [4.69, 9.17) is 5.11 Å². The van der Waals surface area contributed by atoms with Crippen LogP contribution in [0.5, 0.6) is 0 Å². The summed E-state index contributed by atoms with van der Waals surface area (Å²) in [5.74, 6) is 0. The molecule has 0 radical (unpaired) electrons. The maximum atomic E-state index is 8.93. The number of aromatic nitrogens is 1. The molecular weight excluding hydrogens is 220 g/mol. The molecule has 0 saturated heterocycles. The number of hydrogen-bond acceptors (Lipinski definition) is 4. The lowest BCUT2D eigenvalue weighted by Crippen LogP contribution is -2.06. The van der Waals surface area contributed by atoms with E-state index in [1.54, 1.807) is 11.3 Å². The van der Waals surface area contributed by atoms with Crippen molar-refractivity contribution in [2.45, 2.75) is 19.6 Å². The maximum absolute atomic E-state index is 8.93. The van der Waals surface area contributed by atoms with Gasteiger partial charge in [-0.3, -0.25) is 0 Å². The number of thiazole rings is 1. The predicted octanol–water partition coefficient (Wildman–Crippen LogP) is 2.81. The Balaban J connectivity index is 2.03. The van der Waals surface area contributed by atoms with E-state index in [0.29, 0.717) is 0 Å². The predicted molar refractivity (Wildman–Crippen MR) is 66.5 cm³/mol. The fourth-order valence-corrected chi connectivity index (χ4v) is 2.11. The molecule has 2 rings (SSSR count). The first kappa shape index (κ1) is 11.1. The molecule has 0 aliphatic heterocycles. The van der Waals surface area contributed by atoms with Crippen molar-refractivity contribution < 1.29 is 5.11 Å². The van der Waals surface area contributed by atoms with Crippen molar-refractivity contribution in [2.24, 2.45) is 0 Å². The van der Waals surface area contributed by atoms with E-state index in [9.17, 15) is 0 Å². The van der Waals surface area contributed by atoms with Gasteiger partial charge in [0.1, 0.15) is 0 Å². The Labute approximate surface area is 98.8 Å². The number of anilines is 1. The molecule has 0 aliphatic rings. The maximum Gasteiger partial charge on any atom is 0.0795 e. The molecule has 1 heterocycles. The molecule has 0 spiro atoms. The Morgan fingerprint density at radius 2 is 2.12 bits per heavy atom. The lowest BCUT2D eigenvalue weighted by molar-refractivity contribution is 0.282. The highest BCUT2D eigenvalue weighted by molar-refractivity contribution is 7.07. The van der Waals surface area contributed by atoms with Crippen LogP contribution in [0.4, 0.5) is 5.69 Å². The number of nitrogens with one attached hydrogen (secondary N) is 1. The lowest BCUT2D eigenvalue weighted by Gasteiger charge is -2.13. The van der Waals surface area contributed by atoms with E-state index in [-0.39, 0.29) is 12.6 Å². The van der Waals surface area contributed by atoms with Crippen LogP contribution in [0.2, 0.25) is 0 Å². The van der Waals surface area contributed by atoms with Gasteiger partial charge in [-0.1, -0.05) is 12.1 Å². The van der Waals surface area contributed by atoms with Crippen molar-refractivity contribution in [2.75, 3.05) is 5.32 Å². The van der Waals surface area contributed by atoms with Crippen LogP contribution in [0.15, 0.2) is 35.2 Å². The summed E-state index contributed by atoms with van der Waals surface area (Å²) >= 11 is 1.60. The molecule has 0 amide bonds. The van der Waals surface area contributed by atoms with E-state index in [1.807, 2.05) is 35.2 Å². The zero-order chi connectivity index (χ0) is 11.4. The summed E-state index contributed by atoms with van der Waals surface area (Å²) in [7, 11) is 0. The molecule has 2 N–H and O–H groups in total. The number of hydrogen-bond donors (Lipinski definition) is 2. The summed E-state index contributed by atoms with van der Waals surface area (Å²) in [5, 5.41) is 14.3. The van der Waals surface area contributed by atoms with Gasteiger partial charge in [0.2, 0.25) is 0 Å². The van der Waals surface area contributed by atoms with Crippen LogP contribution in [0.1, 0.15) is 24.2 Å². The SMILES string of the molecule is CC(Nc1ccc(CO)cc1)c1cscn1. The number of aliphatic hydroxyl groups excluding tert-OH is 1. The van der Waals surface area contributed by atoms with Crippen LogP contribution in [0.3, 0.4) is 0 Å². The van der Waals surface area contributed by atoms with Crippen molar-refractivity contribution >= 4 is 17.0 Å². The number of aliphatic hydroxyl groups is 1. The van der Waals surface area contributed by atoms with Gasteiger partial charge in [0.15, 0.2) is 0 Å². The monoisotopic (exact) mass is 234 g/mol. The Morgan fingerprint density at radius 3 is 2.69 bits per heavy atom. The summed E-state index contributed by atoms with van der Waals surface area (Å²) in [6, 6.07) is 7.96. The Kier molecular flexibility index (Phi) is 3.54. The van der Waals surface area contributed by atoms with Crippen molar-refractivity contribution in [3.63, 3.8) is 0 Å². The van der Waals surface area contributed by atoms with Crippen molar-refractivity contribution in [3.05, 3.63) is 46.4 Å². The molecular formula is C12H14N2OS. The third-order valence-electron chi connectivity index (χ3n) is 2.41. The van der Waals surface area contributed by atoms with Crippen LogP contribution in [0.25, 0.3) is 0 Å². The van der Waals surface area contributed by atoms with E-state index in [2.05, 4.69) is 17.2 Å².